The molecule has 1 aromatic rings. The average Bonchev–Trinajstić information content (AvgIpc) is 2.63. The zero-order chi connectivity index (χ0) is 19.0. The third-order valence-corrected chi connectivity index (χ3v) is 5.90. The Hall–Kier alpha value is -1.51. The SMILES string of the molecule is C1CCC(NC2CCCCC2)CC1.O=[N+]([O-])c1ccc(S(=O)(=O)O)cc1. The molecule has 26 heavy (non-hydrogen) atoms. The van der Waals surface area contributed by atoms with Gasteiger partial charge in [0.1, 0.15) is 0 Å². The number of rotatable bonds is 4. The topological polar surface area (TPSA) is 110 Å². The number of hydrogen-bond acceptors (Lipinski definition) is 5. The molecule has 0 saturated heterocycles. The van der Waals surface area contributed by atoms with Gasteiger partial charge in [0.15, 0.2) is 0 Å². The van der Waals surface area contributed by atoms with Crippen LogP contribution in [0.1, 0.15) is 64.2 Å². The fraction of sp³-hybridized carbons (Fsp3) is 0.667. The quantitative estimate of drug-likeness (QED) is 0.460. The van der Waals surface area contributed by atoms with E-state index in [0.717, 1.165) is 36.3 Å². The maximum atomic E-state index is 10.5. The molecule has 2 aliphatic rings. The highest BCUT2D eigenvalue weighted by atomic mass is 32.2. The Morgan fingerprint density at radius 2 is 1.31 bits per heavy atom. The van der Waals surface area contributed by atoms with Crippen LogP contribution in [0.15, 0.2) is 29.2 Å². The second-order valence-electron chi connectivity index (χ2n) is 7.06. The molecule has 0 heterocycles. The molecule has 0 atom stereocenters. The molecule has 0 unspecified atom stereocenters. The molecule has 0 aliphatic heterocycles. The van der Waals surface area contributed by atoms with Crippen LogP contribution < -0.4 is 5.32 Å². The summed E-state index contributed by atoms with van der Waals surface area (Å²) in [5, 5.41) is 14.0. The van der Waals surface area contributed by atoms with E-state index in [9.17, 15) is 18.5 Å². The van der Waals surface area contributed by atoms with Gasteiger partial charge in [0.2, 0.25) is 0 Å². The van der Waals surface area contributed by atoms with Crippen molar-refractivity contribution >= 4 is 15.8 Å². The summed E-state index contributed by atoms with van der Waals surface area (Å²) < 4.78 is 29.5. The minimum Gasteiger partial charge on any atom is -0.311 e. The minimum atomic E-state index is -4.27. The molecule has 0 radical (unpaired) electrons. The number of nitro groups is 1. The fourth-order valence-electron chi connectivity index (χ4n) is 3.61. The molecule has 3 rings (SSSR count). The molecule has 146 valence electrons. The number of benzene rings is 1. The highest BCUT2D eigenvalue weighted by Gasteiger charge is 2.19. The van der Waals surface area contributed by atoms with Crippen LogP contribution in [0.2, 0.25) is 0 Å². The van der Waals surface area contributed by atoms with Crippen molar-refractivity contribution < 1.29 is 17.9 Å². The highest BCUT2D eigenvalue weighted by Crippen LogP contribution is 2.22. The lowest BCUT2D eigenvalue weighted by atomic mass is 9.91. The second-order valence-corrected chi connectivity index (χ2v) is 8.48. The number of nitrogens with zero attached hydrogens (tertiary/aromatic N) is 1. The predicted molar refractivity (Wildman–Crippen MR) is 99.8 cm³/mol. The molecule has 0 bridgehead atoms. The minimum absolute atomic E-state index is 0.229. The van der Waals surface area contributed by atoms with Crippen molar-refractivity contribution in [2.24, 2.45) is 0 Å². The number of nitro benzene ring substituents is 1. The molecule has 0 spiro atoms. The van der Waals surface area contributed by atoms with Crippen LogP contribution in [0.25, 0.3) is 0 Å². The highest BCUT2D eigenvalue weighted by molar-refractivity contribution is 7.85. The van der Waals surface area contributed by atoms with E-state index in [4.69, 9.17) is 4.55 Å². The Morgan fingerprint density at radius 3 is 1.65 bits per heavy atom. The normalized spacial score (nSPS) is 19.4. The lowest BCUT2D eigenvalue weighted by molar-refractivity contribution is -0.384. The summed E-state index contributed by atoms with van der Waals surface area (Å²) in [6.45, 7) is 0. The van der Waals surface area contributed by atoms with Crippen molar-refractivity contribution in [1.82, 2.24) is 5.32 Å². The van der Waals surface area contributed by atoms with Crippen molar-refractivity contribution in [3.8, 4) is 0 Å². The van der Waals surface area contributed by atoms with E-state index >= 15 is 0 Å². The van der Waals surface area contributed by atoms with E-state index in [1.165, 1.54) is 64.2 Å². The van der Waals surface area contributed by atoms with Gasteiger partial charge in [-0.05, 0) is 37.8 Å². The Kier molecular flexibility index (Phi) is 7.99. The first-order valence-electron chi connectivity index (χ1n) is 9.34. The van der Waals surface area contributed by atoms with Gasteiger partial charge in [0.25, 0.3) is 15.8 Å². The third kappa shape index (κ3) is 7.01. The van der Waals surface area contributed by atoms with E-state index < -0.39 is 15.0 Å². The van der Waals surface area contributed by atoms with Crippen LogP contribution in [0, 0.1) is 10.1 Å². The summed E-state index contributed by atoms with van der Waals surface area (Å²) >= 11 is 0. The van der Waals surface area contributed by atoms with Gasteiger partial charge < -0.3 is 5.32 Å². The maximum absolute atomic E-state index is 10.5. The summed E-state index contributed by atoms with van der Waals surface area (Å²) in [4.78, 5) is 9.13. The van der Waals surface area contributed by atoms with Crippen LogP contribution >= 0.6 is 0 Å². The molecular weight excluding hydrogens is 356 g/mol. The predicted octanol–water partition coefficient (Wildman–Crippen LogP) is 4.08. The number of non-ortho nitro benzene ring substituents is 1. The molecule has 0 aromatic heterocycles. The zero-order valence-corrected chi connectivity index (χ0v) is 15.8. The summed E-state index contributed by atoms with van der Waals surface area (Å²) in [7, 11) is -4.27. The third-order valence-electron chi connectivity index (χ3n) is 5.03. The van der Waals surface area contributed by atoms with Gasteiger partial charge >= 0.3 is 0 Å². The van der Waals surface area contributed by atoms with Crippen molar-refractivity contribution in [3.63, 3.8) is 0 Å². The first-order chi connectivity index (χ1) is 12.4. The molecule has 2 aliphatic carbocycles. The maximum Gasteiger partial charge on any atom is 0.294 e. The lowest BCUT2D eigenvalue weighted by Gasteiger charge is -2.30. The lowest BCUT2D eigenvalue weighted by Crippen LogP contribution is -2.40. The van der Waals surface area contributed by atoms with E-state index in [0.29, 0.717) is 0 Å². The molecule has 2 saturated carbocycles. The average molecular weight is 384 g/mol. The molecular formula is C18H28N2O5S. The zero-order valence-electron chi connectivity index (χ0n) is 15.0. The second kappa shape index (κ2) is 9.99. The van der Waals surface area contributed by atoms with Gasteiger partial charge in [0, 0.05) is 24.2 Å². The van der Waals surface area contributed by atoms with Gasteiger partial charge in [-0.15, -0.1) is 0 Å². The Bertz CT molecular complexity index is 647. The first kappa shape index (κ1) is 20.8. The van der Waals surface area contributed by atoms with Crippen molar-refractivity contribution in [2.75, 3.05) is 0 Å². The molecule has 2 N–H and O–H groups in total. The Labute approximate surface area is 155 Å². The van der Waals surface area contributed by atoms with E-state index in [1.54, 1.807) is 0 Å². The van der Waals surface area contributed by atoms with Crippen molar-refractivity contribution in [2.45, 2.75) is 81.2 Å². The smallest absolute Gasteiger partial charge is 0.294 e. The first-order valence-corrected chi connectivity index (χ1v) is 10.8. The summed E-state index contributed by atoms with van der Waals surface area (Å²) in [5.41, 5.74) is -0.229. The van der Waals surface area contributed by atoms with Crippen LogP contribution in [0.5, 0.6) is 0 Å². The van der Waals surface area contributed by atoms with Crippen molar-refractivity contribution in [1.29, 1.82) is 0 Å². The largest absolute Gasteiger partial charge is 0.311 e. The number of hydrogen-bond donors (Lipinski definition) is 2. The van der Waals surface area contributed by atoms with E-state index in [-0.39, 0.29) is 10.6 Å². The van der Waals surface area contributed by atoms with Gasteiger partial charge in [-0.2, -0.15) is 8.42 Å². The molecule has 0 amide bonds. The van der Waals surface area contributed by atoms with Gasteiger partial charge in [-0.3, -0.25) is 14.7 Å². The van der Waals surface area contributed by atoms with Crippen LogP contribution in [0.3, 0.4) is 0 Å². The van der Waals surface area contributed by atoms with Crippen molar-refractivity contribution in [3.05, 3.63) is 34.4 Å². The molecule has 1 aromatic carbocycles. The summed E-state index contributed by atoms with van der Waals surface area (Å²) in [6.07, 6.45) is 14.6. The van der Waals surface area contributed by atoms with E-state index in [2.05, 4.69) is 5.32 Å². The monoisotopic (exact) mass is 384 g/mol. The molecule has 7 nitrogen and oxygen atoms in total. The van der Waals surface area contributed by atoms with Gasteiger partial charge in [-0.25, -0.2) is 0 Å². The molecule has 2 fully saturated rings. The van der Waals surface area contributed by atoms with Crippen LogP contribution in [-0.2, 0) is 10.1 Å². The Morgan fingerprint density at radius 1 is 0.885 bits per heavy atom. The fourth-order valence-corrected chi connectivity index (χ4v) is 4.09. The van der Waals surface area contributed by atoms with Crippen LogP contribution in [-0.4, -0.2) is 30.0 Å². The summed E-state index contributed by atoms with van der Waals surface area (Å²) in [6, 6.07) is 5.68. The van der Waals surface area contributed by atoms with Gasteiger partial charge in [-0.1, -0.05) is 38.5 Å². The summed E-state index contributed by atoms with van der Waals surface area (Å²) in [5.74, 6) is 0. The molecule has 8 heteroatoms. The number of nitrogens with one attached hydrogen (secondary N) is 1. The van der Waals surface area contributed by atoms with E-state index in [1.807, 2.05) is 0 Å². The van der Waals surface area contributed by atoms with Crippen LogP contribution in [0.4, 0.5) is 5.69 Å². The van der Waals surface area contributed by atoms with Gasteiger partial charge in [0.05, 0.1) is 9.82 Å². The standard InChI is InChI=1S/C12H23N.C6H5NO5S/c1-3-7-11(8-4-1)13-12-9-5-2-6-10-12;8-7(9)5-1-3-6(4-2-5)13(10,11)12/h11-13H,1-10H2;1-4H,(H,10,11,12). The Balaban J connectivity index is 0.000000187.